The second-order valence-corrected chi connectivity index (χ2v) is 9.47. The highest BCUT2D eigenvalue weighted by Gasteiger charge is 2.31. The second kappa shape index (κ2) is 5.35. The van der Waals surface area contributed by atoms with E-state index in [0.29, 0.717) is 8.81 Å². The number of hydrogen-bond donors (Lipinski definition) is 1. The molecule has 1 rings (SSSR count). The summed E-state index contributed by atoms with van der Waals surface area (Å²) >= 11 is 16.0. The van der Waals surface area contributed by atoms with Crippen LogP contribution in [0.15, 0.2) is 14.1 Å². The summed E-state index contributed by atoms with van der Waals surface area (Å²) in [7, 11) is -3.60. The minimum Gasteiger partial charge on any atom is -0.206 e. The van der Waals surface area contributed by atoms with Gasteiger partial charge in [0.1, 0.15) is 4.21 Å². The number of halogens is 3. The Morgan fingerprint density at radius 3 is 2.41 bits per heavy atom. The molecule has 0 fully saturated rings. The van der Waals surface area contributed by atoms with Gasteiger partial charge in [-0.3, -0.25) is 0 Å². The van der Waals surface area contributed by atoms with Gasteiger partial charge in [-0.25, -0.2) is 13.1 Å². The highest BCUT2D eigenvalue weighted by Crippen LogP contribution is 2.35. The van der Waals surface area contributed by atoms with Crippen LogP contribution in [0.3, 0.4) is 0 Å². The van der Waals surface area contributed by atoms with E-state index in [4.69, 9.17) is 23.2 Å². The maximum Gasteiger partial charge on any atom is 0.250 e. The van der Waals surface area contributed by atoms with E-state index in [0.717, 1.165) is 11.3 Å². The molecule has 1 atom stereocenters. The van der Waals surface area contributed by atoms with E-state index in [1.807, 2.05) is 0 Å². The first-order valence-corrected chi connectivity index (χ1v) is 8.60. The molecular formula is C9H12BrCl2NO2S2. The quantitative estimate of drug-likeness (QED) is 0.806. The molecule has 1 unspecified atom stereocenters. The lowest BCUT2D eigenvalue weighted by atomic mass is 10.0. The van der Waals surface area contributed by atoms with Gasteiger partial charge in [0.25, 0.3) is 10.0 Å². The van der Waals surface area contributed by atoms with Crippen LogP contribution in [0.4, 0.5) is 0 Å². The van der Waals surface area contributed by atoms with Gasteiger partial charge in [0.2, 0.25) is 0 Å². The Balaban J connectivity index is 3.05. The SMILES string of the molecule is CC(Cl)C(C)(C)NS(=O)(=O)c1cc(Cl)c(Br)s1. The molecule has 1 aromatic heterocycles. The van der Waals surface area contributed by atoms with E-state index in [1.54, 1.807) is 20.8 Å². The highest BCUT2D eigenvalue weighted by molar-refractivity contribution is 9.11. The largest absolute Gasteiger partial charge is 0.250 e. The molecule has 0 bridgehead atoms. The van der Waals surface area contributed by atoms with Gasteiger partial charge < -0.3 is 0 Å². The van der Waals surface area contributed by atoms with Crippen LogP contribution in [0, 0.1) is 0 Å². The molecule has 0 aliphatic carbocycles. The minimum absolute atomic E-state index is 0.166. The van der Waals surface area contributed by atoms with Gasteiger partial charge in [0, 0.05) is 10.9 Å². The molecule has 0 amide bonds. The summed E-state index contributed by atoms with van der Waals surface area (Å²) < 4.78 is 27.5. The van der Waals surface area contributed by atoms with E-state index in [-0.39, 0.29) is 9.59 Å². The van der Waals surface area contributed by atoms with Gasteiger partial charge in [-0.1, -0.05) is 11.6 Å². The molecular weight excluding hydrogens is 369 g/mol. The fraction of sp³-hybridized carbons (Fsp3) is 0.556. The van der Waals surface area contributed by atoms with E-state index < -0.39 is 15.6 Å². The highest BCUT2D eigenvalue weighted by atomic mass is 79.9. The van der Waals surface area contributed by atoms with Crippen molar-refractivity contribution in [2.24, 2.45) is 0 Å². The number of hydrogen-bond acceptors (Lipinski definition) is 3. The van der Waals surface area contributed by atoms with Gasteiger partial charge >= 0.3 is 0 Å². The van der Waals surface area contributed by atoms with Crippen molar-refractivity contribution in [3.8, 4) is 0 Å². The molecule has 98 valence electrons. The average Bonchev–Trinajstić information content (AvgIpc) is 2.45. The second-order valence-electron chi connectivity index (χ2n) is 4.13. The zero-order chi connectivity index (χ0) is 13.4. The summed E-state index contributed by atoms with van der Waals surface area (Å²) in [4.78, 5) is 0. The third-order valence-corrected chi connectivity index (χ3v) is 7.44. The van der Waals surface area contributed by atoms with Crippen LogP contribution in [-0.2, 0) is 10.0 Å². The number of sulfonamides is 1. The van der Waals surface area contributed by atoms with E-state index in [9.17, 15) is 8.42 Å². The molecule has 0 radical (unpaired) electrons. The average molecular weight is 381 g/mol. The van der Waals surface area contributed by atoms with Crippen LogP contribution in [0.25, 0.3) is 0 Å². The zero-order valence-electron chi connectivity index (χ0n) is 9.42. The molecule has 8 heteroatoms. The lowest BCUT2D eigenvalue weighted by Gasteiger charge is -2.28. The van der Waals surface area contributed by atoms with Crippen molar-refractivity contribution in [1.82, 2.24) is 4.72 Å². The van der Waals surface area contributed by atoms with E-state index in [2.05, 4.69) is 20.7 Å². The first-order chi connectivity index (χ1) is 7.56. The smallest absolute Gasteiger partial charge is 0.206 e. The van der Waals surface area contributed by atoms with Gasteiger partial charge in [-0.15, -0.1) is 22.9 Å². The Hall–Kier alpha value is 0.670. The van der Waals surface area contributed by atoms with Crippen LogP contribution < -0.4 is 4.72 Å². The molecule has 3 nitrogen and oxygen atoms in total. The number of thiophene rings is 1. The zero-order valence-corrected chi connectivity index (χ0v) is 14.2. The van der Waals surface area contributed by atoms with Crippen LogP contribution in [0.5, 0.6) is 0 Å². The number of rotatable bonds is 4. The molecule has 1 aromatic rings. The molecule has 1 heterocycles. The Labute approximate surface area is 124 Å². The predicted octanol–water partition coefficient (Wildman–Crippen LogP) is 3.85. The first-order valence-electron chi connectivity index (χ1n) is 4.69. The lowest BCUT2D eigenvalue weighted by molar-refractivity contribution is 0.446. The molecule has 0 aliphatic heterocycles. The maximum absolute atomic E-state index is 12.1. The van der Waals surface area contributed by atoms with Crippen LogP contribution in [0.2, 0.25) is 5.02 Å². The van der Waals surface area contributed by atoms with E-state index in [1.165, 1.54) is 6.07 Å². The third-order valence-electron chi connectivity index (χ3n) is 2.28. The Kier molecular flexibility index (Phi) is 4.95. The fourth-order valence-corrected chi connectivity index (χ4v) is 4.94. The standard InChI is InChI=1S/C9H12BrCl2NO2S2/c1-5(11)9(2,3)13-17(14,15)7-4-6(12)8(10)16-7/h4-5,13H,1-3H3. The van der Waals surface area contributed by atoms with E-state index >= 15 is 0 Å². The summed E-state index contributed by atoms with van der Waals surface area (Å²) in [5.41, 5.74) is -0.733. The van der Waals surface area contributed by atoms with Crippen molar-refractivity contribution < 1.29 is 8.42 Å². The van der Waals surface area contributed by atoms with Gasteiger partial charge in [-0.05, 0) is 42.8 Å². The van der Waals surface area contributed by atoms with Crippen molar-refractivity contribution in [3.63, 3.8) is 0 Å². The van der Waals surface area contributed by atoms with Gasteiger partial charge in [0.05, 0.1) is 8.81 Å². The van der Waals surface area contributed by atoms with Gasteiger partial charge in [0.15, 0.2) is 0 Å². The molecule has 0 saturated heterocycles. The van der Waals surface area contributed by atoms with Crippen molar-refractivity contribution in [2.75, 3.05) is 0 Å². The van der Waals surface area contributed by atoms with Crippen molar-refractivity contribution >= 4 is 60.5 Å². The predicted molar refractivity (Wildman–Crippen MR) is 76.7 cm³/mol. The summed E-state index contributed by atoms with van der Waals surface area (Å²) in [5, 5.41) is 0.0447. The lowest BCUT2D eigenvalue weighted by Crippen LogP contribution is -2.48. The fourth-order valence-electron chi connectivity index (χ4n) is 0.937. The summed E-state index contributed by atoms with van der Waals surface area (Å²) in [5.74, 6) is 0. The molecule has 0 aromatic carbocycles. The third kappa shape index (κ3) is 3.81. The maximum atomic E-state index is 12.1. The van der Waals surface area contributed by atoms with Crippen LogP contribution >= 0.6 is 50.5 Å². The summed E-state index contributed by atoms with van der Waals surface area (Å²) in [6, 6.07) is 1.41. The molecule has 17 heavy (non-hydrogen) atoms. The first kappa shape index (κ1) is 15.7. The Morgan fingerprint density at radius 2 is 2.06 bits per heavy atom. The number of nitrogens with one attached hydrogen (secondary N) is 1. The molecule has 1 N–H and O–H groups in total. The van der Waals surface area contributed by atoms with Crippen LogP contribution in [0.1, 0.15) is 20.8 Å². The van der Waals surface area contributed by atoms with Crippen molar-refractivity contribution in [2.45, 2.75) is 35.9 Å². The summed E-state index contributed by atoms with van der Waals surface area (Å²) in [6.45, 7) is 5.19. The minimum atomic E-state index is -3.60. The molecule has 0 aliphatic rings. The summed E-state index contributed by atoms with van der Waals surface area (Å²) in [6.07, 6.45) is 0. The van der Waals surface area contributed by atoms with Crippen molar-refractivity contribution in [3.05, 3.63) is 14.9 Å². The Morgan fingerprint density at radius 1 is 1.53 bits per heavy atom. The van der Waals surface area contributed by atoms with Crippen LogP contribution in [-0.4, -0.2) is 19.3 Å². The topological polar surface area (TPSA) is 46.2 Å². The van der Waals surface area contributed by atoms with Gasteiger partial charge in [-0.2, -0.15) is 0 Å². The monoisotopic (exact) mass is 379 g/mol. The Bertz CT molecular complexity index is 492. The normalized spacial score (nSPS) is 14.9. The molecule has 0 saturated carbocycles. The molecule has 0 spiro atoms. The van der Waals surface area contributed by atoms with Crippen molar-refractivity contribution in [1.29, 1.82) is 0 Å². The number of alkyl halides is 1.